The van der Waals surface area contributed by atoms with Crippen LogP contribution in [-0.2, 0) is 20.8 Å². The number of carboxylic acid groups (broad SMARTS) is 1. The van der Waals surface area contributed by atoms with Crippen molar-refractivity contribution in [2.75, 3.05) is 11.5 Å². The zero-order chi connectivity index (χ0) is 16.2. The van der Waals surface area contributed by atoms with E-state index < -0.39 is 28.7 Å². The highest BCUT2D eigenvalue weighted by Crippen LogP contribution is 2.60. The van der Waals surface area contributed by atoms with E-state index in [1.807, 2.05) is 0 Å². The minimum Gasteiger partial charge on any atom is -0.477 e. The number of rotatable bonds is 4. The van der Waals surface area contributed by atoms with E-state index >= 15 is 0 Å². The van der Waals surface area contributed by atoms with E-state index in [1.165, 1.54) is 28.4 Å². The van der Waals surface area contributed by atoms with Crippen molar-refractivity contribution in [2.24, 2.45) is 5.41 Å². The smallest absolute Gasteiger partial charge is 0.354 e. The average Bonchev–Trinajstić information content (AvgIpc) is 3.00. The van der Waals surface area contributed by atoms with Gasteiger partial charge in [0, 0.05) is 6.42 Å². The molecule has 3 heterocycles. The van der Waals surface area contributed by atoms with Gasteiger partial charge in [-0.05, 0) is 13.8 Å². The standard InChI is InChI=1S/C13H17NO5S3/c1-6(15)13(2)11(18)14-8(9(16)17)10(21-12(13)14)20-7-3-4-22(19)5-7/h6-7,12,15,19H,3-5H2,1-2H3/p+1/t6-,7+,12-,13+,22?/m1/s1. The molecule has 0 radical (unpaired) electrons. The van der Waals surface area contributed by atoms with Gasteiger partial charge in [-0.3, -0.25) is 9.69 Å². The zero-order valence-electron chi connectivity index (χ0n) is 12.2. The molecular formula is C13H18NO5S3+. The normalized spacial score (nSPS) is 39.0. The van der Waals surface area contributed by atoms with Crippen LogP contribution in [-0.4, -0.2) is 59.8 Å². The van der Waals surface area contributed by atoms with Gasteiger partial charge in [0.1, 0.15) is 27.7 Å². The molecule has 3 N–H and O–H groups in total. The highest BCUT2D eigenvalue weighted by Gasteiger charge is 2.66. The molecule has 1 unspecified atom stereocenters. The number of carbonyl (C=O) groups excluding carboxylic acids is 1. The van der Waals surface area contributed by atoms with E-state index in [2.05, 4.69) is 0 Å². The Morgan fingerprint density at radius 3 is 2.77 bits per heavy atom. The first-order valence-electron chi connectivity index (χ1n) is 6.96. The number of aliphatic hydroxyl groups is 1. The van der Waals surface area contributed by atoms with Crippen LogP contribution in [0.5, 0.6) is 0 Å². The number of carbonyl (C=O) groups is 2. The molecule has 6 nitrogen and oxygen atoms in total. The molecule has 0 saturated carbocycles. The summed E-state index contributed by atoms with van der Waals surface area (Å²) in [5.74, 6) is -0.00977. The SMILES string of the molecule is C[C@@H](O)[C@@]1(C)C(=O)N2C(C(=O)O)=C(S[C@H]3CC[S+](O)C3)S[C@@H]21. The molecule has 0 aromatic rings. The maximum absolute atomic E-state index is 12.4. The summed E-state index contributed by atoms with van der Waals surface area (Å²) < 4.78 is 10.3. The van der Waals surface area contributed by atoms with E-state index in [1.54, 1.807) is 13.8 Å². The van der Waals surface area contributed by atoms with Crippen LogP contribution in [0.25, 0.3) is 0 Å². The summed E-state index contributed by atoms with van der Waals surface area (Å²) in [6.07, 6.45) is 0.0241. The Hall–Kier alpha value is -0.350. The van der Waals surface area contributed by atoms with E-state index in [-0.39, 0.29) is 22.2 Å². The second kappa shape index (κ2) is 5.62. The molecule has 0 aromatic heterocycles. The average molecular weight is 364 g/mol. The number of nitrogens with zero attached hydrogens (tertiary/aromatic N) is 1. The molecule has 0 bridgehead atoms. The third-order valence-corrected chi connectivity index (χ3v) is 9.23. The Labute approximate surface area is 139 Å². The van der Waals surface area contributed by atoms with Gasteiger partial charge in [-0.25, -0.2) is 4.79 Å². The number of carboxylic acids is 1. The molecule has 9 heteroatoms. The summed E-state index contributed by atoms with van der Waals surface area (Å²) in [7, 11) is 0. The zero-order valence-corrected chi connectivity index (χ0v) is 14.6. The molecule has 22 heavy (non-hydrogen) atoms. The maximum atomic E-state index is 12.4. The lowest BCUT2D eigenvalue weighted by atomic mass is 9.75. The maximum Gasteiger partial charge on any atom is 0.354 e. The lowest BCUT2D eigenvalue weighted by Crippen LogP contribution is -2.68. The summed E-state index contributed by atoms with van der Waals surface area (Å²) in [5.41, 5.74) is -0.905. The van der Waals surface area contributed by atoms with Gasteiger partial charge in [-0.15, -0.1) is 11.8 Å². The van der Waals surface area contributed by atoms with Crippen LogP contribution in [0.1, 0.15) is 20.3 Å². The van der Waals surface area contributed by atoms with Crippen molar-refractivity contribution in [1.29, 1.82) is 0 Å². The number of thioether (sulfide) groups is 2. The summed E-state index contributed by atoms with van der Waals surface area (Å²) in [4.78, 5) is 25.2. The van der Waals surface area contributed by atoms with Gasteiger partial charge in [-0.1, -0.05) is 11.8 Å². The molecule has 0 aliphatic carbocycles. The van der Waals surface area contributed by atoms with E-state index in [0.29, 0.717) is 9.99 Å². The predicted octanol–water partition coefficient (Wildman–Crippen LogP) is 1.14. The van der Waals surface area contributed by atoms with Crippen LogP contribution in [0.2, 0.25) is 0 Å². The second-order valence-electron chi connectivity index (χ2n) is 5.91. The van der Waals surface area contributed by atoms with Gasteiger partial charge in [0.15, 0.2) is 11.4 Å². The van der Waals surface area contributed by atoms with Crippen LogP contribution >= 0.6 is 23.5 Å². The largest absolute Gasteiger partial charge is 0.477 e. The number of aliphatic hydroxyl groups excluding tert-OH is 1. The van der Waals surface area contributed by atoms with Crippen LogP contribution in [0.4, 0.5) is 0 Å². The van der Waals surface area contributed by atoms with Crippen molar-refractivity contribution in [3.63, 3.8) is 0 Å². The molecule has 0 aromatic carbocycles. The second-order valence-corrected chi connectivity index (χ2v) is 10.2. The third-order valence-electron chi connectivity index (χ3n) is 4.48. The van der Waals surface area contributed by atoms with Crippen LogP contribution < -0.4 is 0 Å². The van der Waals surface area contributed by atoms with Gasteiger partial charge in [0.05, 0.1) is 15.6 Å². The van der Waals surface area contributed by atoms with E-state index in [9.17, 15) is 24.4 Å². The Kier molecular flexibility index (Phi) is 4.22. The van der Waals surface area contributed by atoms with Crippen LogP contribution in [0.15, 0.2) is 9.93 Å². The fraction of sp³-hybridized carbons (Fsp3) is 0.692. The summed E-state index contributed by atoms with van der Waals surface area (Å²) in [5, 5.41) is 19.2. The molecule has 3 aliphatic rings. The van der Waals surface area contributed by atoms with Gasteiger partial charge >= 0.3 is 5.97 Å². The molecule has 3 aliphatic heterocycles. The quantitative estimate of drug-likeness (QED) is 0.508. The first-order valence-corrected chi connectivity index (χ1v) is 10.2. The van der Waals surface area contributed by atoms with Gasteiger partial charge in [0.25, 0.3) is 0 Å². The topological polar surface area (TPSA) is 98.1 Å². The van der Waals surface area contributed by atoms with Gasteiger partial charge in [0.2, 0.25) is 5.91 Å². The lowest BCUT2D eigenvalue weighted by molar-refractivity contribution is -0.170. The Balaban J connectivity index is 1.84. The number of β-lactam (4-membered cyclic amide) rings is 1. The minimum absolute atomic E-state index is 0.0350. The molecule has 2 fully saturated rings. The molecule has 5 atom stereocenters. The molecule has 0 spiro atoms. The first-order chi connectivity index (χ1) is 10.3. The van der Waals surface area contributed by atoms with E-state index in [0.717, 1.165) is 12.2 Å². The number of aliphatic carboxylic acids is 1. The Bertz CT molecular complexity index is 566. The number of fused-ring (bicyclic) bond motifs is 1. The number of amides is 1. The predicted molar refractivity (Wildman–Crippen MR) is 88.4 cm³/mol. The fourth-order valence-corrected chi connectivity index (χ4v) is 8.18. The summed E-state index contributed by atoms with van der Waals surface area (Å²) >= 11 is 2.23. The van der Waals surface area contributed by atoms with Crippen molar-refractivity contribution >= 4 is 46.6 Å². The fourth-order valence-electron chi connectivity index (χ4n) is 2.88. The molecule has 1 amide bonds. The van der Waals surface area contributed by atoms with Crippen molar-refractivity contribution in [3.05, 3.63) is 9.93 Å². The number of hydrogen-bond acceptors (Lipinski definition) is 6. The first kappa shape index (κ1) is 16.5. The molecule has 122 valence electrons. The molecular weight excluding hydrogens is 346 g/mol. The van der Waals surface area contributed by atoms with Crippen molar-refractivity contribution in [3.8, 4) is 0 Å². The monoisotopic (exact) mass is 364 g/mol. The Morgan fingerprint density at radius 1 is 1.59 bits per heavy atom. The van der Waals surface area contributed by atoms with Crippen LogP contribution in [0.3, 0.4) is 0 Å². The number of hydrogen-bond donors (Lipinski definition) is 3. The van der Waals surface area contributed by atoms with Crippen molar-refractivity contribution < 1.29 is 24.4 Å². The minimum atomic E-state index is -1.11. The third kappa shape index (κ3) is 2.29. The van der Waals surface area contributed by atoms with Crippen molar-refractivity contribution in [2.45, 2.75) is 37.0 Å². The highest BCUT2D eigenvalue weighted by molar-refractivity contribution is 8.23. The van der Waals surface area contributed by atoms with Gasteiger partial charge < -0.3 is 10.2 Å². The molecule has 3 rings (SSSR count). The molecule has 2 saturated heterocycles. The Morgan fingerprint density at radius 2 is 2.27 bits per heavy atom. The summed E-state index contributed by atoms with van der Waals surface area (Å²) in [6.45, 7) is 3.25. The lowest BCUT2D eigenvalue weighted by Gasteiger charge is -2.51. The highest BCUT2D eigenvalue weighted by atomic mass is 32.2. The van der Waals surface area contributed by atoms with E-state index in [4.69, 9.17) is 0 Å². The van der Waals surface area contributed by atoms with Crippen LogP contribution in [0, 0.1) is 5.41 Å². The van der Waals surface area contributed by atoms with Gasteiger partial charge in [-0.2, -0.15) is 4.55 Å². The van der Waals surface area contributed by atoms with Crippen molar-refractivity contribution in [1.82, 2.24) is 4.90 Å². The summed E-state index contributed by atoms with van der Waals surface area (Å²) in [6, 6.07) is 0.